The lowest BCUT2D eigenvalue weighted by atomic mass is 10.1. The summed E-state index contributed by atoms with van der Waals surface area (Å²) in [6, 6.07) is 6.64. The second kappa shape index (κ2) is 8.14. The molecule has 1 aromatic carbocycles. The quantitative estimate of drug-likeness (QED) is 0.772. The predicted molar refractivity (Wildman–Crippen MR) is 96.5 cm³/mol. The van der Waals surface area contributed by atoms with Gasteiger partial charge in [-0.15, -0.1) is 0 Å². The molecule has 0 fully saturated rings. The standard InChI is InChI=1S/C19H27N3O3/c1-13(2)11-21(12-14(3)4)19(25)20-9-10-22-17(23)15-7-5-6-8-16(15)18(22)24/h5-8,13-14H,9-12H2,1-4H3,(H,20,25). The van der Waals surface area contributed by atoms with Crippen molar-refractivity contribution in [2.75, 3.05) is 26.2 Å². The Morgan fingerprint density at radius 3 is 1.92 bits per heavy atom. The van der Waals surface area contributed by atoms with E-state index in [1.807, 2.05) is 0 Å². The van der Waals surface area contributed by atoms with Crippen LogP contribution in [0.4, 0.5) is 4.79 Å². The smallest absolute Gasteiger partial charge is 0.317 e. The molecule has 0 spiro atoms. The highest BCUT2D eigenvalue weighted by Crippen LogP contribution is 2.21. The molecule has 0 saturated carbocycles. The van der Waals surface area contributed by atoms with Crippen LogP contribution in [0.2, 0.25) is 0 Å². The molecule has 0 aromatic heterocycles. The molecule has 0 saturated heterocycles. The Labute approximate surface area is 149 Å². The zero-order valence-electron chi connectivity index (χ0n) is 15.4. The Hall–Kier alpha value is -2.37. The molecule has 1 N–H and O–H groups in total. The zero-order valence-corrected chi connectivity index (χ0v) is 15.4. The summed E-state index contributed by atoms with van der Waals surface area (Å²) in [7, 11) is 0. The fourth-order valence-electron chi connectivity index (χ4n) is 2.95. The van der Waals surface area contributed by atoms with Crippen molar-refractivity contribution in [3.63, 3.8) is 0 Å². The van der Waals surface area contributed by atoms with Crippen LogP contribution in [0.25, 0.3) is 0 Å². The fraction of sp³-hybridized carbons (Fsp3) is 0.526. The molecule has 6 nitrogen and oxygen atoms in total. The van der Waals surface area contributed by atoms with Crippen molar-refractivity contribution in [3.05, 3.63) is 35.4 Å². The Morgan fingerprint density at radius 2 is 1.48 bits per heavy atom. The van der Waals surface area contributed by atoms with E-state index in [-0.39, 0.29) is 30.9 Å². The monoisotopic (exact) mass is 345 g/mol. The number of benzene rings is 1. The Balaban J connectivity index is 1.90. The highest BCUT2D eigenvalue weighted by Gasteiger charge is 2.34. The maximum absolute atomic E-state index is 12.4. The average Bonchev–Trinajstić information content (AvgIpc) is 2.78. The molecule has 4 amide bonds. The number of fused-ring (bicyclic) bond motifs is 1. The van der Waals surface area contributed by atoms with Crippen LogP contribution in [-0.2, 0) is 0 Å². The third kappa shape index (κ3) is 4.59. The van der Waals surface area contributed by atoms with Gasteiger partial charge in [0, 0.05) is 26.2 Å². The van der Waals surface area contributed by atoms with Crippen molar-refractivity contribution in [3.8, 4) is 0 Å². The molecule has 0 atom stereocenters. The molecule has 1 heterocycles. The lowest BCUT2D eigenvalue weighted by molar-refractivity contribution is 0.0655. The number of nitrogens with zero attached hydrogens (tertiary/aromatic N) is 2. The highest BCUT2D eigenvalue weighted by molar-refractivity contribution is 6.21. The van der Waals surface area contributed by atoms with E-state index in [1.165, 1.54) is 4.90 Å². The minimum Gasteiger partial charge on any atom is -0.336 e. The predicted octanol–water partition coefficient (Wildman–Crippen LogP) is 2.61. The van der Waals surface area contributed by atoms with Gasteiger partial charge in [-0.1, -0.05) is 39.8 Å². The zero-order chi connectivity index (χ0) is 18.6. The molecule has 0 aliphatic carbocycles. The third-order valence-electron chi connectivity index (χ3n) is 3.95. The molecule has 25 heavy (non-hydrogen) atoms. The SMILES string of the molecule is CC(C)CN(CC(C)C)C(=O)NCCN1C(=O)c2ccccc2C1=O. The topological polar surface area (TPSA) is 69.7 Å². The van der Waals surface area contributed by atoms with Gasteiger partial charge in [-0.2, -0.15) is 0 Å². The molecular weight excluding hydrogens is 318 g/mol. The lowest BCUT2D eigenvalue weighted by Gasteiger charge is -2.27. The minimum absolute atomic E-state index is 0.154. The molecule has 6 heteroatoms. The van der Waals surface area contributed by atoms with Crippen molar-refractivity contribution in [2.24, 2.45) is 11.8 Å². The molecule has 0 unspecified atom stereocenters. The number of urea groups is 1. The normalized spacial score (nSPS) is 13.6. The fourth-order valence-corrected chi connectivity index (χ4v) is 2.95. The molecule has 136 valence electrons. The molecule has 1 aliphatic heterocycles. The summed E-state index contributed by atoms with van der Waals surface area (Å²) in [5.74, 6) is 0.161. The number of imide groups is 1. The molecule has 1 aromatic rings. The van der Waals surface area contributed by atoms with Gasteiger partial charge >= 0.3 is 6.03 Å². The number of carbonyl (C=O) groups is 3. The van der Waals surface area contributed by atoms with E-state index < -0.39 is 0 Å². The maximum Gasteiger partial charge on any atom is 0.317 e. The van der Waals surface area contributed by atoms with Crippen LogP contribution in [0.3, 0.4) is 0 Å². The number of nitrogens with one attached hydrogen (secondary N) is 1. The van der Waals surface area contributed by atoms with Crippen molar-refractivity contribution in [1.29, 1.82) is 0 Å². The van der Waals surface area contributed by atoms with Crippen LogP contribution in [0.5, 0.6) is 0 Å². The van der Waals surface area contributed by atoms with Crippen LogP contribution in [0.1, 0.15) is 48.4 Å². The van der Waals surface area contributed by atoms with Gasteiger partial charge in [0.25, 0.3) is 11.8 Å². The van der Waals surface area contributed by atoms with Crippen LogP contribution < -0.4 is 5.32 Å². The van der Waals surface area contributed by atoms with Crippen LogP contribution in [-0.4, -0.2) is 53.8 Å². The second-order valence-corrected chi connectivity index (χ2v) is 7.23. The summed E-state index contributed by atoms with van der Waals surface area (Å²) in [6.45, 7) is 10.1. The first-order valence-corrected chi connectivity index (χ1v) is 8.79. The van der Waals surface area contributed by atoms with Gasteiger partial charge in [0.05, 0.1) is 11.1 Å². The van der Waals surface area contributed by atoms with E-state index in [9.17, 15) is 14.4 Å². The Morgan fingerprint density at radius 1 is 1.00 bits per heavy atom. The van der Waals surface area contributed by atoms with Gasteiger partial charge in [0.1, 0.15) is 0 Å². The van der Waals surface area contributed by atoms with Crippen molar-refractivity contribution < 1.29 is 14.4 Å². The lowest BCUT2D eigenvalue weighted by Crippen LogP contribution is -2.46. The molecule has 0 bridgehead atoms. The largest absolute Gasteiger partial charge is 0.336 e. The number of amides is 4. The van der Waals surface area contributed by atoms with E-state index in [4.69, 9.17) is 0 Å². The first-order chi connectivity index (χ1) is 11.8. The van der Waals surface area contributed by atoms with Crippen LogP contribution in [0.15, 0.2) is 24.3 Å². The van der Waals surface area contributed by atoms with E-state index in [0.717, 1.165) is 0 Å². The van der Waals surface area contributed by atoms with E-state index >= 15 is 0 Å². The summed E-state index contributed by atoms with van der Waals surface area (Å²) < 4.78 is 0. The molecule has 1 aliphatic rings. The Bertz CT molecular complexity index is 610. The Kier molecular flexibility index (Phi) is 6.17. The summed E-state index contributed by atoms with van der Waals surface area (Å²) in [6.07, 6.45) is 0. The second-order valence-electron chi connectivity index (χ2n) is 7.23. The summed E-state index contributed by atoms with van der Waals surface area (Å²) in [5, 5.41) is 2.83. The van der Waals surface area contributed by atoms with Crippen LogP contribution in [0, 0.1) is 11.8 Å². The van der Waals surface area contributed by atoms with Gasteiger partial charge in [0.15, 0.2) is 0 Å². The molecule has 2 rings (SSSR count). The van der Waals surface area contributed by atoms with Gasteiger partial charge in [-0.3, -0.25) is 14.5 Å². The number of rotatable bonds is 7. The number of carbonyl (C=O) groups excluding carboxylic acids is 3. The van der Waals surface area contributed by atoms with Crippen molar-refractivity contribution in [2.45, 2.75) is 27.7 Å². The van der Waals surface area contributed by atoms with Crippen LogP contribution >= 0.6 is 0 Å². The van der Waals surface area contributed by atoms with Crippen molar-refractivity contribution >= 4 is 17.8 Å². The molecule has 0 radical (unpaired) electrons. The summed E-state index contributed by atoms with van der Waals surface area (Å²) in [5.41, 5.74) is 0.861. The average molecular weight is 345 g/mol. The van der Waals surface area contributed by atoms with E-state index in [0.29, 0.717) is 36.1 Å². The van der Waals surface area contributed by atoms with E-state index in [1.54, 1.807) is 29.2 Å². The third-order valence-corrected chi connectivity index (χ3v) is 3.95. The van der Waals surface area contributed by atoms with Gasteiger partial charge in [0.2, 0.25) is 0 Å². The van der Waals surface area contributed by atoms with Gasteiger partial charge in [-0.05, 0) is 24.0 Å². The first kappa shape index (κ1) is 19.0. The highest BCUT2D eigenvalue weighted by atomic mass is 16.2. The molecular formula is C19H27N3O3. The van der Waals surface area contributed by atoms with Gasteiger partial charge < -0.3 is 10.2 Å². The summed E-state index contributed by atoms with van der Waals surface area (Å²) in [4.78, 5) is 40.0. The first-order valence-electron chi connectivity index (χ1n) is 8.79. The number of hydrogen-bond acceptors (Lipinski definition) is 3. The number of hydrogen-bond donors (Lipinski definition) is 1. The van der Waals surface area contributed by atoms with E-state index in [2.05, 4.69) is 33.0 Å². The van der Waals surface area contributed by atoms with Gasteiger partial charge in [-0.25, -0.2) is 4.79 Å². The minimum atomic E-state index is -0.295. The maximum atomic E-state index is 12.4. The summed E-state index contributed by atoms with van der Waals surface area (Å²) >= 11 is 0. The van der Waals surface area contributed by atoms with Crippen molar-refractivity contribution in [1.82, 2.24) is 15.1 Å².